The van der Waals surface area contributed by atoms with Crippen LogP contribution >= 0.6 is 0 Å². The lowest BCUT2D eigenvalue weighted by Crippen LogP contribution is -2.40. The maximum absolute atomic E-state index is 11.4. The van der Waals surface area contributed by atoms with Gasteiger partial charge in [0.05, 0.1) is 11.4 Å². The van der Waals surface area contributed by atoms with Crippen LogP contribution in [0.3, 0.4) is 0 Å². The third-order valence-electron chi connectivity index (χ3n) is 4.14. The highest BCUT2D eigenvalue weighted by Crippen LogP contribution is 2.48. The highest BCUT2D eigenvalue weighted by Gasteiger charge is 2.46. The zero-order valence-electron chi connectivity index (χ0n) is 10.6. The second-order valence-corrected chi connectivity index (χ2v) is 8.08. The van der Waals surface area contributed by atoms with Gasteiger partial charge in [0.1, 0.15) is 9.84 Å². The molecular formula is C12H24O3S. The molecule has 0 amide bonds. The normalized spacial score (nSPS) is 29.5. The Labute approximate surface area is 99.2 Å². The van der Waals surface area contributed by atoms with Crippen LogP contribution in [0, 0.1) is 5.41 Å². The first-order chi connectivity index (χ1) is 7.22. The van der Waals surface area contributed by atoms with Crippen LogP contribution in [-0.4, -0.2) is 30.6 Å². The van der Waals surface area contributed by atoms with E-state index in [1.54, 1.807) is 6.92 Å². The summed E-state index contributed by atoms with van der Waals surface area (Å²) in [5.41, 5.74) is -0.723. The van der Waals surface area contributed by atoms with Gasteiger partial charge in [-0.05, 0) is 37.5 Å². The van der Waals surface area contributed by atoms with Crippen LogP contribution in [0.2, 0.25) is 0 Å². The van der Waals surface area contributed by atoms with Crippen molar-refractivity contribution in [1.29, 1.82) is 0 Å². The quantitative estimate of drug-likeness (QED) is 0.811. The summed E-state index contributed by atoms with van der Waals surface area (Å²) in [7, 11) is -2.89. The predicted octanol–water partition coefficient (Wildman–Crippen LogP) is 2.14. The average molecular weight is 248 g/mol. The molecule has 1 aliphatic carbocycles. The zero-order valence-corrected chi connectivity index (χ0v) is 11.4. The van der Waals surface area contributed by atoms with Gasteiger partial charge in [0.2, 0.25) is 0 Å². The fraction of sp³-hybridized carbons (Fsp3) is 1.00. The molecular weight excluding hydrogens is 224 g/mol. The number of aliphatic hydroxyl groups is 1. The van der Waals surface area contributed by atoms with E-state index >= 15 is 0 Å². The first-order valence-corrected chi connectivity index (χ1v) is 7.97. The lowest BCUT2D eigenvalue weighted by atomic mass is 9.75. The van der Waals surface area contributed by atoms with Gasteiger partial charge in [-0.2, -0.15) is 0 Å². The fourth-order valence-electron chi connectivity index (χ4n) is 2.59. The Morgan fingerprint density at radius 2 is 1.88 bits per heavy atom. The molecule has 0 bridgehead atoms. The van der Waals surface area contributed by atoms with Crippen molar-refractivity contribution >= 4 is 9.84 Å². The van der Waals surface area contributed by atoms with E-state index in [1.165, 1.54) is 0 Å². The van der Waals surface area contributed by atoms with Crippen LogP contribution in [0.1, 0.15) is 52.9 Å². The summed E-state index contributed by atoms with van der Waals surface area (Å²) in [5, 5.41) is 10.5. The molecule has 1 atom stereocenters. The first kappa shape index (κ1) is 14.0. The Morgan fingerprint density at radius 1 is 1.25 bits per heavy atom. The largest absolute Gasteiger partial charge is 0.389 e. The van der Waals surface area contributed by atoms with Crippen molar-refractivity contribution in [2.75, 3.05) is 11.5 Å². The molecule has 1 saturated carbocycles. The number of hydrogen-bond acceptors (Lipinski definition) is 3. The van der Waals surface area contributed by atoms with Crippen molar-refractivity contribution in [1.82, 2.24) is 0 Å². The van der Waals surface area contributed by atoms with E-state index in [-0.39, 0.29) is 16.9 Å². The minimum absolute atomic E-state index is 0.0665. The topological polar surface area (TPSA) is 54.4 Å². The van der Waals surface area contributed by atoms with Crippen molar-refractivity contribution < 1.29 is 13.5 Å². The molecule has 4 heteroatoms. The van der Waals surface area contributed by atoms with Crippen LogP contribution in [0.15, 0.2) is 0 Å². The zero-order chi connectivity index (χ0) is 12.4. The number of hydrogen-bond donors (Lipinski definition) is 1. The molecule has 1 rings (SSSR count). The summed E-state index contributed by atoms with van der Waals surface area (Å²) >= 11 is 0. The van der Waals surface area contributed by atoms with Crippen molar-refractivity contribution in [2.24, 2.45) is 5.41 Å². The lowest BCUT2D eigenvalue weighted by Gasteiger charge is -2.37. The molecule has 0 saturated heterocycles. The van der Waals surface area contributed by atoms with Crippen LogP contribution in [0.5, 0.6) is 0 Å². The molecule has 0 aliphatic heterocycles. The summed E-state index contributed by atoms with van der Waals surface area (Å²) in [5.74, 6) is 0.413. The summed E-state index contributed by atoms with van der Waals surface area (Å²) in [4.78, 5) is 0. The van der Waals surface area contributed by atoms with E-state index < -0.39 is 15.4 Å². The molecule has 0 spiro atoms. The van der Waals surface area contributed by atoms with E-state index in [1.807, 2.05) is 0 Å². The van der Waals surface area contributed by atoms with Crippen LogP contribution in [-0.2, 0) is 9.84 Å². The second-order valence-electron chi connectivity index (χ2n) is 5.61. The minimum Gasteiger partial charge on any atom is -0.389 e. The Kier molecular flexibility index (Phi) is 4.06. The molecule has 16 heavy (non-hydrogen) atoms. The van der Waals surface area contributed by atoms with Gasteiger partial charge in [0.15, 0.2) is 0 Å². The SMILES string of the molecule is CCS(=O)(=O)CCCC1(O)CCCC1(C)C. The molecule has 0 aromatic rings. The highest BCUT2D eigenvalue weighted by atomic mass is 32.2. The molecule has 1 N–H and O–H groups in total. The molecule has 3 nitrogen and oxygen atoms in total. The molecule has 0 aromatic heterocycles. The van der Waals surface area contributed by atoms with Gasteiger partial charge in [-0.15, -0.1) is 0 Å². The Morgan fingerprint density at radius 3 is 2.31 bits per heavy atom. The monoisotopic (exact) mass is 248 g/mol. The molecule has 0 radical (unpaired) electrons. The molecule has 0 heterocycles. The first-order valence-electron chi connectivity index (χ1n) is 6.15. The van der Waals surface area contributed by atoms with Crippen molar-refractivity contribution in [3.05, 3.63) is 0 Å². The van der Waals surface area contributed by atoms with Gasteiger partial charge in [0, 0.05) is 5.75 Å². The smallest absolute Gasteiger partial charge is 0.150 e. The Hall–Kier alpha value is -0.0900. The van der Waals surface area contributed by atoms with E-state index in [9.17, 15) is 13.5 Å². The molecule has 96 valence electrons. The lowest BCUT2D eigenvalue weighted by molar-refractivity contribution is -0.0496. The molecule has 0 aromatic carbocycles. The van der Waals surface area contributed by atoms with Crippen molar-refractivity contribution in [2.45, 2.75) is 58.5 Å². The summed E-state index contributed by atoms with van der Waals surface area (Å²) in [6.45, 7) is 5.83. The van der Waals surface area contributed by atoms with Gasteiger partial charge in [-0.3, -0.25) is 0 Å². The van der Waals surface area contributed by atoms with Crippen LogP contribution in [0.25, 0.3) is 0 Å². The van der Waals surface area contributed by atoms with Gasteiger partial charge in [-0.25, -0.2) is 8.42 Å². The van der Waals surface area contributed by atoms with Gasteiger partial charge < -0.3 is 5.11 Å². The van der Waals surface area contributed by atoms with Gasteiger partial charge in [0.25, 0.3) is 0 Å². The Balaban J connectivity index is 2.50. The third kappa shape index (κ3) is 2.98. The number of rotatable bonds is 5. The van der Waals surface area contributed by atoms with Crippen LogP contribution < -0.4 is 0 Å². The van der Waals surface area contributed by atoms with E-state index in [0.717, 1.165) is 19.3 Å². The highest BCUT2D eigenvalue weighted by molar-refractivity contribution is 7.91. The number of sulfone groups is 1. The van der Waals surface area contributed by atoms with E-state index in [0.29, 0.717) is 12.8 Å². The average Bonchev–Trinajstić information content (AvgIpc) is 2.41. The maximum atomic E-state index is 11.4. The van der Waals surface area contributed by atoms with E-state index in [2.05, 4.69) is 13.8 Å². The standard InChI is InChI=1S/C12H24O3S/c1-4-16(14,15)10-6-9-12(13)8-5-7-11(12,2)3/h13H,4-10H2,1-3H3. The van der Waals surface area contributed by atoms with Crippen molar-refractivity contribution in [3.8, 4) is 0 Å². The van der Waals surface area contributed by atoms with Crippen LogP contribution in [0.4, 0.5) is 0 Å². The fourth-order valence-corrected chi connectivity index (χ4v) is 3.46. The molecule has 1 aliphatic rings. The molecule has 1 fully saturated rings. The van der Waals surface area contributed by atoms with Gasteiger partial charge in [-0.1, -0.05) is 20.8 Å². The van der Waals surface area contributed by atoms with Gasteiger partial charge >= 0.3 is 0 Å². The van der Waals surface area contributed by atoms with Crippen molar-refractivity contribution in [3.63, 3.8) is 0 Å². The maximum Gasteiger partial charge on any atom is 0.150 e. The Bertz CT molecular complexity index is 332. The third-order valence-corrected chi connectivity index (χ3v) is 5.93. The summed E-state index contributed by atoms with van der Waals surface area (Å²) in [6, 6.07) is 0. The molecule has 1 unspecified atom stereocenters. The summed E-state index contributed by atoms with van der Waals surface area (Å²) in [6.07, 6.45) is 4.08. The second kappa shape index (κ2) is 4.65. The van der Waals surface area contributed by atoms with E-state index in [4.69, 9.17) is 0 Å². The summed E-state index contributed by atoms with van der Waals surface area (Å²) < 4.78 is 22.7. The minimum atomic E-state index is -2.89. The predicted molar refractivity (Wildman–Crippen MR) is 66.1 cm³/mol.